The molecule has 0 bridgehead atoms. The van der Waals surface area contributed by atoms with Gasteiger partial charge >= 0.3 is 5.97 Å². The number of aliphatic hydroxyl groups excluding tert-OH is 2. The average molecular weight is 597 g/mol. The van der Waals surface area contributed by atoms with Crippen molar-refractivity contribution < 1.29 is 19.7 Å². The van der Waals surface area contributed by atoms with Gasteiger partial charge in [0.05, 0.1) is 0 Å². The highest BCUT2D eigenvalue weighted by molar-refractivity contribution is 5.74. The van der Waals surface area contributed by atoms with Crippen LogP contribution < -0.4 is 0 Å². The Morgan fingerprint density at radius 1 is 0.405 bits per heavy atom. The fourth-order valence-corrected chi connectivity index (χ4v) is 5.97. The molecule has 2 unspecified atom stereocenters. The van der Waals surface area contributed by atoms with Crippen LogP contribution in [0.3, 0.4) is 0 Å². The third-order valence-corrected chi connectivity index (χ3v) is 8.91. The largest absolute Gasteiger partial charge is 0.434 e. The first kappa shape index (κ1) is 41.4. The van der Waals surface area contributed by atoms with Crippen LogP contribution >= 0.6 is 0 Å². The fourth-order valence-electron chi connectivity index (χ4n) is 5.97. The normalized spacial score (nSPS) is 13.0. The zero-order chi connectivity index (χ0) is 30.8. The van der Waals surface area contributed by atoms with Crippen molar-refractivity contribution >= 4 is 5.97 Å². The predicted molar refractivity (Wildman–Crippen MR) is 182 cm³/mol. The summed E-state index contributed by atoms with van der Waals surface area (Å²) in [5.41, 5.74) is 0. The zero-order valence-corrected chi connectivity index (χ0v) is 28.7. The zero-order valence-electron chi connectivity index (χ0n) is 28.7. The Morgan fingerprint density at radius 3 is 0.929 bits per heavy atom. The molecule has 0 aliphatic heterocycles. The minimum Gasteiger partial charge on any atom is -0.434 e. The molecule has 0 aliphatic carbocycles. The number of ether oxygens (including phenoxy) is 1. The maximum absolute atomic E-state index is 12.1. The number of unbranched alkanes of at least 4 members (excludes halogenated alkanes) is 29. The van der Waals surface area contributed by atoms with Gasteiger partial charge in [0.15, 0.2) is 6.10 Å². The minimum absolute atomic E-state index is 0.433. The van der Waals surface area contributed by atoms with Crippen molar-refractivity contribution in [3.8, 4) is 0 Å². The van der Waals surface area contributed by atoms with Crippen LogP contribution in [0.1, 0.15) is 226 Å². The van der Waals surface area contributed by atoms with E-state index in [1.807, 2.05) is 0 Å². The number of hydrogen-bond donors (Lipinski definition) is 2. The molecule has 0 radical (unpaired) electrons. The summed E-state index contributed by atoms with van der Waals surface area (Å²) < 4.78 is 5.08. The smallest absolute Gasteiger partial charge is 0.337 e. The molecule has 4 nitrogen and oxygen atoms in total. The highest BCUT2D eigenvalue weighted by Crippen LogP contribution is 2.16. The van der Waals surface area contributed by atoms with Crippen LogP contribution in [0.5, 0.6) is 0 Å². The summed E-state index contributed by atoms with van der Waals surface area (Å²) in [6.45, 7) is 4.55. The first-order valence-electron chi connectivity index (χ1n) is 19.2. The average Bonchev–Trinajstić information content (AvgIpc) is 2.98. The molecule has 0 saturated carbocycles. The summed E-state index contributed by atoms with van der Waals surface area (Å²) >= 11 is 0. The van der Waals surface area contributed by atoms with Gasteiger partial charge in [-0.05, 0) is 12.8 Å². The summed E-state index contributed by atoms with van der Waals surface area (Å²) in [6.07, 6.45) is 39.2. The van der Waals surface area contributed by atoms with Gasteiger partial charge in [0, 0.05) is 6.42 Å². The van der Waals surface area contributed by atoms with Crippen LogP contribution in [0.2, 0.25) is 0 Å². The molecule has 0 aliphatic rings. The molecule has 2 N–H and O–H groups in total. The van der Waals surface area contributed by atoms with Gasteiger partial charge in [0.25, 0.3) is 0 Å². The monoisotopic (exact) mass is 597 g/mol. The van der Waals surface area contributed by atoms with Crippen LogP contribution in [-0.2, 0) is 9.53 Å². The van der Waals surface area contributed by atoms with Gasteiger partial charge in [-0.1, -0.05) is 206 Å². The van der Waals surface area contributed by atoms with Crippen LogP contribution in [0.4, 0.5) is 0 Å². The molecule has 2 atom stereocenters. The minimum atomic E-state index is -1.10. The first-order valence-corrected chi connectivity index (χ1v) is 19.2. The molecule has 4 heteroatoms. The van der Waals surface area contributed by atoms with Crippen molar-refractivity contribution in [2.75, 3.05) is 0 Å². The lowest BCUT2D eigenvalue weighted by Crippen LogP contribution is -2.28. The summed E-state index contributed by atoms with van der Waals surface area (Å²) in [5, 5.41) is 20.1. The molecule has 0 aromatic rings. The van der Waals surface area contributed by atoms with Crippen molar-refractivity contribution in [1.82, 2.24) is 0 Å². The van der Waals surface area contributed by atoms with Crippen molar-refractivity contribution in [1.29, 1.82) is 0 Å². The van der Waals surface area contributed by atoms with Crippen molar-refractivity contribution in [3.05, 3.63) is 0 Å². The summed E-state index contributed by atoms with van der Waals surface area (Å²) in [5.74, 6) is -0.663. The molecule has 42 heavy (non-hydrogen) atoms. The van der Waals surface area contributed by atoms with Crippen LogP contribution in [0.25, 0.3) is 0 Å². The van der Waals surface area contributed by atoms with Gasteiger partial charge in [-0.2, -0.15) is 0 Å². The number of carbonyl (C=O) groups excluding carboxylic acids is 1. The van der Waals surface area contributed by atoms with Gasteiger partial charge in [0.1, 0.15) is 0 Å². The Hall–Kier alpha value is -0.610. The summed E-state index contributed by atoms with van der Waals surface area (Å²) in [6, 6.07) is 0. The molecule has 0 amide bonds. The molecule has 0 aromatic carbocycles. The molecular formula is C38H76O4. The Balaban J connectivity index is 3.38. The second-order valence-corrected chi connectivity index (χ2v) is 13.2. The van der Waals surface area contributed by atoms with E-state index in [2.05, 4.69) is 13.8 Å². The third-order valence-electron chi connectivity index (χ3n) is 8.91. The molecule has 0 saturated heterocycles. The number of rotatable bonds is 35. The highest BCUT2D eigenvalue weighted by atomic mass is 16.6. The van der Waals surface area contributed by atoms with E-state index in [-0.39, 0.29) is 0 Å². The SMILES string of the molecule is CCCCCCCCCCCCCCCCCCCC(O)OC(=O)C(O)CCCCCCCCCCCCCCCC. The number of carbonyl (C=O) groups is 1. The first-order chi connectivity index (χ1) is 20.6. The van der Waals surface area contributed by atoms with Crippen molar-refractivity contribution in [3.63, 3.8) is 0 Å². The van der Waals surface area contributed by atoms with Crippen molar-refractivity contribution in [2.45, 2.75) is 238 Å². The Kier molecular flexibility index (Phi) is 34.4. The fraction of sp³-hybridized carbons (Fsp3) is 0.974. The standard InChI is InChI=1S/C38H76O4/c1-3-5-7-9-11-13-15-17-19-20-21-23-25-27-29-31-33-35-37(40)42-38(41)36(39)34-32-30-28-26-24-22-18-16-14-12-10-8-6-4-2/h36-37,39-40H,3-35H2,1-2H3. The van der Waals surface area contributed by atoms with Gasteiger partial charge in [-0.3, -0.25) is 0 Å². The molecule has 0 rings (SSSR count). The summed E-state index contributed by atoms with van der Waals surface area (Å²) in [4.78, 5) is 12.1. The maximum Gasteiger partial charge on any atom is 0.337 e. The van der Waals surface area contributed by atoms with Gasteiger partial charge in [-0.15, -0.1) is 0 Å². The molecule has 0 heterocycles. The Morgan fingerprint density at radius 2 is 0.643 bits per heavy atom. The van der Waals surface area contributed by atoms with E-state index >= 15 is 0 Å². The topological polar surface area (TPSA) is 66.8 Å². The lowest BCUT2D eigenvalue weighted by Gasteiger charge is -2.15. The van der Waals surface area contributed by atoms with E-state index in [1.165, 1.54) is 173 Å². The molecular weight excluding hydrogens is 520 g/mol. The third kappa shape index (κ3) is 32.3. The van der Waals surface area contributed by atoms with E-state index < -0.39 is 18.4 Å². The quantitative estimate of drug-likeness (QED) is 0.0434. The maximum atomic E-state index is 12.1. The van der Waals surface area contributed by atoms with Gasteiger partial charge in [-0.25, -0.2) is 4.79 Å². The Bertz CT molecular complexity index is 523. The predicted octanol–water partition coefficient (Wildman–Crippen LogP) is 12.1. The molecule has 0 fully saturated rings. The van der Waals surface area contributed by atoms with E-state index in [1.54, 1.807) is 0 Å². The molecule has 0 aromatic heterocycles. The van der Waals surface area contributed by atoms with Gasteiger partial charge in [0.2, 0.25) is 6.29 Å². The van der Waals surface area contributed by atoms with E-state index in [0.29, 0.717) is 12.8 Å². The second kappa shape index (κ2) is 34.9. The Labute approximate surface area is 263 Å². The lowest BCUT2D eigenvalue weighted by atomic mass is 10.0. The van der Waals surface area contributed by atoms with E-state index in [9.17, 15) is 15.0 Å². The molecule has 0 spiro atoms. The van der Waals surface area contributed by atoms with Crippen molar-refractivity contribution in [2.24, 2.45) is 0 Å². The van der Waals surface area contributed by atoms with Crippen LogP contribution in [0.15, 0.2) is 0 Å². The van der Waals surface area contributed by atoms with Crippen LogP contribution in [-0.4, -0.2) is 28.6 Å². The second-order valence-electron chi connectivity index (χ2n) is 13.2. The number of esters is 1. The van der Waals surface area contributed by atoms with Crippen LogP contribution in [0, 0.1) is 0 Å². The summed E-state index contributed by atoms with van der Waals surface area (Å²) in [7, 11) is 0. The highest BCUT2D eigenvalue weighted by Gasteiger charge is 2.19. The van der Waals surface area contributed by atoms with E-state index in [0.717, 1.165) is 25.7 Å². The van der Waals surface area contributed by atoms with Gasteiger partial charge < -0.3 is 14.9 Å². The number of aliphatic hydroxyl groups is 2. The lowest BCUT2D eigenvalue weighted by molar-refractivity contribution is -0.178. The molecule has 252 valence electrons. The van der Waals surface area contributed by atoms with E-state index in [4.69, 9.17) is 4.74 Å². The number of hydrogen-bond acceptors (Lipinski definition) is 4.